The number of hydrogen-bond acceptors (Lipinski definition) is 5. The van der Waals surface area contributed by atoms with Gasteiger partial charge in [0.15, 0.2) is 11.5 Å². The van der Waals surface area contributed by atoms with E-state index in [0.717, 1.165) is 25.9 Å². The first-order valence-corrected chi connectivity index (χ1v) is 9.38. The number of likely N-dealkylation sites (tertiary alicyclic amines) is 1. The Kier molecular flexibility index (Phi) is 4.91. The summed E-state index contributed by atoms with van der Waals surface area (Å²) in [7, 11) is 0. The molecule has 3 aliphatic heterocycles. The maximum Gasteiger partial charge on any atom is 0.254 e. The van der Waals surface area contributed by atoms with Crippen molar-refractivity contribution in [1.29, 1.82) is 0 Å². The van der Waals surface area contributed by atoms with Crippen LogP contribution in [-0.4, -0.2) is 79.1 Å². The first-order chi connectivity index (χ1) is 12.6. The normalized spacial score (nSPS) is 19.9. The quantitative estimate of drug-likeness (QED) is 0.795. The van der Waals surface area contributed by atoms with Crippen LogP contribution >= 0.6 is 11.6 Å². The van der Waals surface area contributed by atoms with Gasteiger partial charge in [0.25, 0.3) is 5.91 Å². The number of fused-ring (bicyclic) bond motifs is 1. The van der Waals surface area contributed by atoms with E-state index in [9.17, 15) is 9.59 Å². The molecule has 0 N–H and O–H groups in total. The molecule has 7 nitrogen and oxygen atoms in total. The smallest absolute Gasteiger partial charge is 0.254 e. The molecular formula is C18H22ClN3O4. The Bertz CT molecular complexity index is 713. The van der Waals surface area contributed by atoms with E-state index in [0.29, 0.717) is 54.8 Å². The molecule has 0 spiro atoms. The summed E-state index contributed by atoms with van der Waals surface area (Å²) in [5, 5.41) is 0.387. The predicted octanol–water partition coefficient (Wildman–Crippen LogP) is 1.45. The zero-order valence-corrected chi connectivity index (χ0v) is 15.3. The Morgan fingerprint density at radius 1 is 0.962 bits per heavy atom. The van der Waals surface area contributed by atoms with Crippen LogP contribution in [0.5, 0.6) is 11.5 Å². The van der Waals surface area contributed by atoms with Gasteiger partial charge in [0.1, 0.15) is 0 Å². The van der Waals surface area contributed by atoms with Crippen molar-refractivity contribution in [3.63, 3.8) is 0 Å². The van der Waals surface area contributed by atoms with Crippen LogP contribution in [0, 0.1) is 0 Å². The molecule has 8 heteroatoms. The molecule has 3 aliphatic rings. The number of carbonyl (C=O) groups is 2. The van der Waals surface area contributed by atoms with Gasteiger partial charge in [-0.3, -0.25) is 14.5 Å². The van der Waals surface area contributed by atoms with E-state index >= 15 is 0 Å². The summed E-state index contributed by atoms with van der Waals surface area (Å²) in [5.41, 5.74) is 0.501. The first-order valence-electron chi connectivity index (χ1n) is 9.00. The van der Waals surface area contributed by atoms with Gasteiger partial charge in [0, 0.05) is 44.8 Å². The summed E-state index contributed by atoms with van der Waals surface area (Å²) >= 11 is 6.17. The Hall–Kier alpha value is -1.99. The molecule has 4 rings (SSSR count). The van der Waals surface area contributed by atoms with E-state index in [-0.39, 0.29) is 18.6 Å². The molecule has 0 saturated carbocycles. The van der Waals surface area contributed by atoms with E-state index in [1.807, 2.05) is 4.90 Å². The van der Waals surface area contributed by atoms with Gasteiger partial charge < -0.3 is 19.3 Å². The van der Waals surface area contributed by atoms with Crippen LogP contribution in [-0.2, 0) is 4.79 Å². The summed E-state index contributed by atoms with van der Waals surface area (Å²) in [6, 6.07) is 3.31. The summed E-state index contributed by atoms with van der Waals surface area (Å²) in [5.74, 6) is 1.13. The lowest BCUT2D eigenvalue weighted by molar-refractivity contribution is -0.131. The fourth-order valence-corrected chi connectivity index (χ4v) is 3.91. The number of hydrogen-bond donors (Lipinski definition) is 0. The van der Waals surface area contributed by atoms with Crippen LogP contribution in [0.1, 0.15) is 23.2 Å². The van der Waals surface area contributed by atoms with Crippen molar-refractivity contribution in [3.05, 3.63) is 22.7 Å². The predicted molar refractivity (Wildman–Crippen MR) is 95.7 cm³/mol. The van der Waals surface area contributed by atoms with E-state index in [4.69, 9.17) is 21.1 Å². The van der Waals surface area contributed by atoms with Gasteiger partial charge in [0.05, 0.1) is 11.6 Å². The molecule has 0 atom stereocenters. The van der Waals surface area contributed by atoms with Gasteiger partial charge in [-0.05, 0) is 25.0 Å². The van der Waals surface area contributed by atoms with Gasteiger partial charge in [-0.15, -0.1) is 0 Å². The lowest BCUT2D eigenvalue weighted by Crippen LogP contribution is -2.51. The second-order valence-electron chi connectivity index (χ2n) is 6.85. The Labute approximate surface area is 157 Å². The fraction of sp³-hybridized carbons (Fsp3) is 0.556. The van der Waals surface area contributed by atoms with Crippen molar-refractivity contribution in [2.75, 3.05) is 52.6 Å². The van der Waals surface area contributed by atoms with Crippen molar-refractivity contribution in [2.24, 2.45) is 0 Å². The van der Waals surface area contributed by atoms with E-state index in [2.05, 4.69) is 4.90 Å². The molecule has 0 unspecified atom stereocenters. The minimum Gasteiger partial charge on any atom is -0.454 e. The number of amides is 2. The maximum absolute atomic E-state index is 12.8. The second-order valence-corrected chi connectivity index (χ2v) is 7.26. The zero-order chi connectivity index (χ0) is 18.1. The van der Waals surface area contributed by atoms with Gasteiger partial charge in [-0.25, -0.2) is 0 Å². The largest absolute Gasteiger partial charge is 0.454 e. The number of benzene rings is 1. The molecule has 26 heavy (non-hydrogen) atoms. The van der Waals surface area contributed by atoms with Crippen molar-refractivity contribution >= 4 is 23.4 Å². The molecule has 1 aromatic rings. The topological polar surface area (TPSA) is 62.3 Å². The zero-order valence-electron chi connectivity index (χ0n) is 14.6. The van der Waals surface area contributed by atoms with Crippen LogP contribution in [0.4, 0.5) is 0 Å². The van der Waals surface area contributed by atoms with Crippen LogP contribution in [0.3, 0.4) is 0 Å². The molecule has 0 radical (unpaired) electrons. The van der Waals surface area contributed by atoms with E-state index < -0.39 is 0 Å². The van der Waals surface area contributed by atoms with Crippen molar-refractivity contribution < 1.29 is 19.1 Å². The highest BCUT2D eigenvalue weighted by Crippen LogP contribution is 2.40. The first kappa shape index (κ1) is 17.4. The van der Waals surface area contributed by atoms with Crippen LogP contribution < -0.4 is 9.47 Å². The Balaban J connectivity index is 1.34. The molecule has 0 aromatic heterocycles. The minimum absolute atomic E-state index is 0.0734. The number of piperazine rings is 1. The summed E-state index contributed by atoms with van der Waals surface area (Å²) < 4.78 is 10.6. The standard InChI is InChI=1S/C18H22ClN3O4/c19-14-9-13(10-15-17(14)26-12-25-15)18(24)22-7-5-20(6-8-22)11-16(23)21-3-1-2-4-21/h9-10H,1-8,11-12H2. The molecule has 0 aliphatic carbocycles. The van der Waals surface area contributed by atoms with Gasteiger partial charge in [-0.2, -0.15) is 0 Å². The third-order valence-corrected chi connectivity index (χ3v) is 5.43. The fourth-order valence-electron chi connectivity index (χ4n) is 3.64. The molecule has 0 bridgehead atoms. The van der Waals surface area contributed by atoms with Crippen molar-refractivity contribution in [2.45, 2.75) is 12.8 Å². The number of ether oxygens (including phenoxy) is 2. The summed E-state index contributed by atoms with van der Waals surface area (Å²) in [4.78, 5) is 30.9. The minimum atomic E-state index is -0.0734. The number of rotatable bonds is 3. The van der Waals surface area contributed by atoms with Crippen LogP contribution in [0.25, 0.3) is 0 Å². The Morgan fingerprint density at radius 3 is 2.42 bits per heavy atom. The Morgan fingerprint density at radius 2 is 1.69 bits per heavy atom. The molecule has 2 saturated heterocycles. The lowest BCUT2D eigenvalue weighted by Gasteiger charge is -2.35. The second kappa shape index (κ2) is 7.32. The summed E-state index contributed by atoms with van der Waals surface area (Å²) in [6.07, 6.45) is 2.21. The van der Waals surface area contributed by atoms with Crippen LogP contribution in [0.2, 0.25) is 5.02 Å². The van der Waals surface area contributed by atoms with Crippen LogP contribution in [0.15, 0.2) is 12.1 Å². The number of halogens is 1. The lowest BCUT2D eigenvalue weighted by atomic mass is 10.1. The third kappa shape index (κ3) is 3.46. The molecule has 1 aromatic carbocycles. The van der Waals surface area contributed by atoms with Gasteiger partial charge in [0.2, 0.25) is 12.7 Å². The van der Waals surface area contributed by atoms with Crippen molar-refractivity contribution in [1.82, 2.24) is 14.7 Å². The molecule has 3 heterocycles. The average Bonchev–Trinajstić information content (AvgIpc) is 3.33. The maximum atomic E-state index is 12.8. The highest BCUT2D eigenvalue weighted by Gasteiger charge is 2.27. The van der Waals surface area contributed by atoms with E-state index in [1.165, 1.54) is 0 Å². The summed E-state index contributed by atoms with van der Waals surface area (Å²) in [6.45, 7) is 4.90. The number of carbonyl (C=O) groups excluding carboxylic acids is 2. The van der Waals surface area contributed by atoms with Crippen molar-refractivity contribution in [3.8, 4) is 11.5 Å². The number of nitrogens with zero attached hydrogens (tertiary/aromatic N) is 3. The van der Waals surface area contributed by atoms with Gasteiger partial charge in [-0.1, -0.05) is 11.6 Å². The molecule has 140 valence electrons. The van der Waals surface area contributed by atoms with Gasteiger partial charge >= 0.3 is 0 Å². The molecule has 2 fully saturated rings. The average molecular weight is 380 g/mol. The molecular weight excluding hydrogens is 358 g/mol. The molecule has 2 amide bonds. The monoisotopic (exact) mass is 379 g/mol. The SMILES string of the molecule is O=C(CN1CCN(C(=O)c2cc(Cl)c3c(c2)OCO3)CC1)N1CCCC1. The van der Waals surface area contributed by atoms with E-state index in [1.54, 1.807) is 17.0 Å². The third-order valence-electron chi connectivity index (χ3n) is 5.15. The highest BCUT2D eigenvalue weighted by atomic mass is 35.5. The highest BCUT2D eigenvalue weighted by molar-refractivity contribution is 6.32.